The number of aromatic nitrogens is 5. The Labute approximate surface area is 150 Å². The third-order valence-electron chi connectivity index (χ3n) is 4.96. The number of hydrogen-bond donors (Lipinski definition) is 1. The molecule has 1 unspecified atom stereocenters. The van der Waals surface area contributed by atoms with Gasteiger partial charge in [0.2, 0.25) is 0 Å². The number of amides is 1. The van der Waals surface area contributed by atoms with Crippen LogP contribution in [-0.2, 0) is 0 Å². The quantitative estimate of drug-likeness (QED) is 0.766. The molecule has 1 atom stereocenters. The van der Waals surface area contributed by atoms with Gasteiger partial charge in [-0.1, -0.05) is 6.07 Å². The van der Waals surface area contributed by atoms with Gasteiger partial charge in [0.15, 0.2) is 11.5 Å². The molecule has 5 rings (SSSR count). The van der Waals surface area contributed by atoms with Gasteiger partial charge in [0.1, 0.15) is 11.5 Å². The number of hydrogen-bond acceptors (Lipinski definition) is 6. The third kappa shape index (κ3) is 2.77. The van der Waals surface area contributed by atoms with E-state index in [0.717, 1.165) is 49.6 Å². The van der Waals surface area contributed by atoms with Crippen molar-refractivity contribution in [3.05, 3.63) is 48.0 Å². The van der Waals surface area contributed by atoms with E-state index in [-0.39, 0.29) is 11.9 Å². The average Bonchev–Trinajstić information content (AvgIpc) is 3.26. The van der Waals surface area contributed by atoms with Crippen molar-refractivity contribution in [1.82, 2.24) is 30.1 Å². The topological polar surface area (TPSA) is 88.3 Å². The smallest absolute Gasteiger partial charge is 0.270 e. The van der Waals surface area contributed by atoms with Crippen LogP contribution in [0.25, 0.3) is 5.65 Å². The summed E-state index contributed by atoms with van der Waals surface area (Å²) >= 11 is 0. The number of carbonyl (C=O) groups is 1. The zero-order chi connectivity index (χ0) is 17.5. The van der Waals surface area contributed by atoms with Crippen LogP contribution in [-0.4, -0.2) is 49.8 Å². The van der Waals surface area contributed by atoms with Crippen molar-refractivity contribution >= 4 is 17.4 Å². The predicted molar refractivity (Wildman–Crippen MR) is 95.1 cm³/mol. The van der Waals surface area contributed by atoms with Crippen molar-refractivity contribution in [1.29, 1.82) is 0 Å². The Bertz CT molecular complexity index is 951. The van der Waals surface area contributed by atoms with E-state index in [9.17, 15) is 4.79 Å². The number of anilines is 1. The monoisotopic (exact) mass is 349 g/mol. The van der Waals surface area contributed by atoms with Gasteiger partial charge in [-0.25, -0.2) is 0 Å². The summed E-state index contributed by atoms with van der Waals surface area (Å²) in [6.07, 6.45) is 4.84. The lowest BCUT2D eigenvalue weighted by Crippen LogP contribution is -2.37. The van der Waals surface area contributed by atoms with Gasteiger partial charge in [0, 0.05) is 31.2 Å². The van der Waals surface area contributed by atoms with Crippen LogP contribution in [0.5, 0.6) is 0 Å². The highest BCUT2D eigenvalue weighted by Crippen LogP contribution is 2.38. The maximum atomic E-state index is 12.3. The molecule has 1 saturated heterocycles. The van der Waals surface area contributed by atoms with Crippen LogP contribution in [0.3, 0.4) is 0 Å². The first kappa shape index (κ1) is 15.2. The van der Waals surface area contributed by atoms with Crippen LogP contribution in [0.2, 0.25) is 0 Å². The summed E-state index contributed by atoms with van der Waals surface area (Å²) < 4.78 is 1.87. The van der Waals surface area contributed by atoms with E-state index in [4.69, 9.17) is 5.10 Å². The van der Waals surface area contributed by atoms with Crippen LogP contribution in [0.4, 0.5) is 5.82 Å². The van der Waals surface area contributed by atoms with E-state index < -0.39 is 0 Å². The lowest BCUT2D eigenvalue weighted by Gasteiger charge is -2.18. The molecular formula is C18H19N7O. The van der Waals surface area contributed by atoms with Crippen molar-refractivity contribution in [2.24, 2.45) is 0 Å². The molecule has 1 saturated carbocycles. The number of pyridine rings is 1. The highest BCUT2D eigenvalue weighted by molar-refractivity contribution is 5.92. The summed E-state index contributed by atoms with van der Waals surface area (Å²) in [6, 6.07) is 9.37. The van der Waals surface area contributed by atoms with E-state index in [1.165, 1.54) is 0 Å². The molecule has 1 aliphatic carbocycles. The first-order valence-electron chi connectivity index (χ1n) is 8.97. The lowest BCUT2D eigenvalue weighted by atomic mass is 10.2. The fourth-order valence-electron chi connectivity index (χ4n) is 3.40. The Morgan fingerprint density at radius 2 is 2.04 bits per heavy atom. The molecule has 2 aliphatic rings. The van der Waals surface area contributed by atoms with Crippen LogP contribution in [0, 0.1) is 0 Å². The molecule has 0 bridgehead atoms. The molecule has 4 heterocycles. The molecule has 1 amide bonds. The number of rotatable bonds is 4. The van der Waals surface area contributed by atoms with E-state index in [2.05, 4.69) is 25.4 Å². The van der Waals surface area contributed by atoms with E-state index in [0.29, 0.717) is 11.6 Å². The Hall–Kier alpha value is -3.03. The third-order valence-corrected chi connectivity index (χ3v) is 4.96. The van der Waals surface area contributed by atoms with Crippen molar-refractivity contribution in [3.8, 4) is 0 Å². The summed E-state index contributed by atoms with van der Waals surface area (Å²) in [7, 11) is 0. The van der Waals surface area contributed by atoms with Crippen molar-refractivity contribution in [3.63, 3.8) is 0 Å². The van der Waals surface area contributed by atoms with Gasteiger partial charge in [-0.3, -0.25) is 9.78 Å². The largest absolute Gasteiger partial charge is 0.353 e. The zero-order valence-corrected chi connectivity index (χ0v) is 14.2. The van der Waals surface area contributed by atoms with Crippen LogP contribution >= 0.6 is 0 Å². The Morgan fingerprint density at radius 3 is 2.85 bits per heavy atom. The molecule has 3 aromatic rings. The minimum atomic E-state index is -0.129. The highest BCUT2D eigenvalue weighted by Gasteiger charge is 2.30. The second-order valence-corrected chi connectivity index (χ2v) is 6.91. The number of carbonyl (C=O) groups excluding carboxylic acids is 1. The molecule has 132 valence electrons. The van der Waals surface area contributed by atoms with E-state index >= 15 is 0 Å². The number of nitrogens with one attached hydrogen (secondary N) is 1. The van der Waals surface area contributed by atoms with Gasteiger partial charge >= 0.3 is 0 Å². The maximum Gasteiger partial charge on any atom is 0.270 e. The molecule has 2 fully saturated rings. The summed E-state index contributed by atoms with van der Waals surface area (Å²) in [5, 5.41) is 16.3. The minimum absolute atomic E-state index is 0.0887. The summed E-state index contributed by atoms with van der Waals surface area (Å²) in [5.74, 6) is 2.22. The van der Waals surface area contributed by atoms with Gasteiger partial charge in [-0.05, 0) is 43.5 Å². The van der Waals surface area contributed by atoms with Gasteiger partial charge in [-0.2, -0.15) is 4.52 Å². The SMILES string of the molecule is O=C(NC1CCN(c2ccc3nnc(C4CC4)n3n2)C1)c1ccccn1. The summed E-state index contributed by atoms with van der Waals surface area (Å²) in [6.45, 7) is 1.59. The molecule has 0 spiro atoms. The molecule has 3 aromatic heterocycles. The summed E-state index contributed by atoms with van der Waals surface area (Å²) in [5.41, 5.74) is 1.24. The Kier molecular flexibility index (Phi) is 3.55. The molecule has 8 nitrogen and oxygen atoms in total. The van der Waals surface area contributed by atoms with Crippen molar-refractivity contribution in [2.45, 2.75) is 31.2 Å². The van der Waals surface area contributed by atoms with Gasteiger partial charge in [-0.15, -0.1) is 15.3 Å². The van der Waals surface area contributed by atoms with E-state index in [1.807, 2.05) is 22.7 Å². The first-order chi connectivity index (χ1) is 12.8. The zero-order valence-electron chi connectivity index (χ0n) is 14.2. The second kappa shape index (κ2) is 6.05. The molecule has 1 N–H and O–H groups in total. The van der Waals surface area contributed by atoms with Gasteiger partial charge in [0.05, 0.1) is 0 Å². The van der Waals surface area contributed by atoms with E-state index in [1.54, 1.807) is 18.3 Å². The van der Waals surface area contributed by atoms with Gasteiger partial charge < -0.3 is 10.2 Å². The van der Waals surface area contributed by atoms with Crippen LogP contribution < -0.4 is 10.2 Å². The molecule has 0 radical (unpaired) electrons. The molecular weight excluding hydrogens is 330 g/mol. The number of nitrogens with zero attached hydrogens (tertiary/aromatic N) is 6. The van der Waals surface area contributed by atoms with Crippen LogP contribution in [0.15, 0.2) is 36.5 Å². The normalized spacial score (nSPS) is 19.8. The predicted octanol–water partition coefficient (Wildman–Crippen LogP) is 1.41. The standard InChI is InChI=1S/C18H19N7O/c26-18(14-3-1-2-9-19-14)20-13-8-10-24(11-13)16-7-6-15-21-22-17(12-4-5-12)25(15)23-16/h1-3,6-7,9,12-13H,4-5,8,10-11H2,(H,20,26). The maximum absolute atomic E-state index is 12.3. The second-order valence-electron chi connectivity index (χ2n) is 6.91. The molecule has 8 heteroatoms. The molecule has 1 aliphatic heterocycles. The highest BCUT2D eigenvalue weighted by atomic mass is 16.1. The Morgan fingerprint density at radius 1 is 1.12 bits per heavy atom. The molecule has 26 heavy (non-hydrogen) atoms. The summed E-state index contributed by atoms with van der Waals surface area (Å²) in [4.78, 5) is 18.6. The average molecular weight is 349 g/mol. The van der Waals surface area contributed by atoms with Crippen LogP contribution in [0.1, 0.15) is 41.5 Å². The first-order valence-corrected chi connectivity index (χ1v) is 8.97. The van der Waals surface area contributed by atoms with Crippen molar-refractivity contribution in [2.75, 3.05) is 18.0 Å². The van der Waals surface area contributed by atoms with Crippen molar-refractivity contribution < 1.29 is 4.79 Å². The molecule has 0 aromatic carbocycles. The minimum Gasteiger partial charge on any atom is -0.353 e. The number of fused-ring (bicyclic) bond motifs is 1. The lowest BCUT2D eigenvalue weighted by molar-refractivity contribution is 0.0935. The van der Waals surface area contributed by atoms with Gasteiger partial charge in [0.25, 0.3) is 5.91 Å². The Balaban J connectivity index is 1.30. The fraction of sp³-hybridized carbons (Fsp3) is 0.389. The fourth-order valence-corrected chi connectivity index (χ4v) is 3.40.